The van der Waals surface area contributed by atoms with Crippen molar-refractivity contribution in [3.05, 3.63) is 41.7 Å². The molecule has 4 heteroatoms. The molecule has 1 N–H and O–H groups in total. The summed E-state index contributed by atoms with van der Waals surface area (Å²) in [6, 6.07) is 4.85. The monoisotopic (exact) mass is 291 g/mol. The number of rotatable bonds is 4. The van der Waals surface area contributed by atoms with E-state index >= 15 is 0 Å². The van der Waals surface area contributed by atoms with Crippen LogP contribution in [0.4, 0.5) is 10.1 Å². The van der Waals surface area contributed by atoms with Crippen LogP contribution in [-0.4, -0.2) is 24.2 Å². The molecule has 0 saturated heterocycles. The second-order valence-electron chi connectivity index (χ2n) is 6.01. The first kappa shape index (κ1) is 15.7. The second kappa shape index (κ2) is 6.39. The van der Waals surface area contributed by atoms with Gasteiger partial charge in [-0.2, -0.15) is 0 Å². The van der Waals surface area contributed by atoms with E-state index in [1.54, 1.807) is 6.07 Å². The summed E-state index contributed by atoms with van der Waals surface area (Å²) >= 11 is 0. The molecule has 114 valence electrons. The number of para-hydroxylation sites is 1. The Morgan fingerprint density at radius 3 is 2.90 bits per heavy atom. The summed E-state index contributed by atoms with van der Waals surface area (Å²) < 4.78 is 14.2. The molecule has 1 aliphatic heterocycles. The molecule has 1 aromatic rings. The van der Waals surface area contributed by atoms with Crippen LogP contribution in [0.1, 0.15) is 25.8 Å². The van der Waals surface area contributed by atoms with Crippen molar-refractivity contribution in [1.29, 1.82) is 0 Å². The van der Waals surface area contributed by atoms with E-state index in [4.69, 9.17) is 0 Å². The molecule has 0 fully saturated rings. The Bertz CT molecular complexity index is 556. The number of anilines is 1. The van der Waals surface area contributed by atoms with E-state index in [-0.39, 0.29) is 30.2 Å². The summed E-state index contributed by atoms with van der Waals surface area (Å²) in [6.07, 6.45) is 1.19. The average Bonchev–Trinajstić information content (AvgIpc) is 2.44. The number of aliphatic hydroxyl groups excluding tert-OH is 1. The van der Waals surface area contributed by atoms with Gasteiger partial charge >= 0.3 is 0 Å². The average molecular weight is 291 g/mol. The number of carbonyl (C=O) groups is 1. The topological polar surface area (TPSA) is 40.5 Å². The van der Waals surface area contributed by atoms with Crippen LogP contribution in [0.3, 0.4) is 0 Å². The highest BCUT2D eigenvalue weighted by Crippen LogP contribution is 2.33. The first-order chi connectivity index (χ1) is 9.93. The molecule has 0 aromatic heterocycles. The minimum atomic E-state index is -0.375. The highest BCUT2D eigenvalue weighted by molar-refractivity contribution is 5.96. The Kier molecular flexibility index (Phi) is 4.78. The highest BCUT2D eigenvalue weighted by atomic mass is 19.1. The molecular weight excluding hydrogens is 269 g/mol. The predicted octanol–water partition coefficient (Wildman–Crippen LogP) is 2.93. The number of allylic oxidation sites excluding steroid dienone is 1. The van der Waals surface area contributed by atoms with Gasteiger partial charge in [-0.15, -0.1) is 6.58 Å². The minimum absolute atomic E-state index is 0.00536. The van der Waals surface area contributed by atoms with Crippen molar-refractivity contribution in [2.75, 3.05) is 18.1 Å². The Morgan fingerprint density at radius 1 is 1.57 bits per heavy atom. The number of halogens is 1. The van der Waals surface area contributed by atoms with Crippen molar-refractivity contribution in [2.24, 2.45) is 11.8 Å². The number of carbonyl (C=O) groups excluding carboxylic acids is 1. The lowest BCUT2D eigenvalue weighted by atomic mass is 9.91. The molecule has 2 atom stereocenters. The quantitative estimate of drug-likeness (QED) is 0.867. The molecule has 0 saturated carbocycles. The largest absolute Gasteiger partial charge is 0.396 e. The fourth-order valence-electron chi connectivity index (χ4n) is 2.95. The molecule has 2 unspecified atom stereocenters. The molecule has 0 spiro atoms. The van der Waals surface area contributed by atoms with Gasteiger partial charge < -0.3 is 10.0 Å². The molecule has 1 aliphatic rings. The highest BCUT2D eigenvalue weighted by Gasteiger charge is 2.32. The molecule has 3 nitrogen and oxygen atoms in total. The number of amides is 1. The van der Waals surface area contributed by atoms with E-state index in [2.05, 4.69) is 6.58 Å². The number of aliphatic hydroxyl groups is 1. The van der Waals surface area contributed by atoms with Crippen molar-refractivity contribution in [3.63, 3.8) is 0 Å². The zero-order valence-electron chi connectivity index (χ0n) is 12.6. The number of nitrogens with zero attached hydrogens (tertiary/aromatic N) is 1. The summed E-state index contributed by atoms with van der Waals surface area (Å²) in [5, 5.41) is 9.42. The molecule has 1 amide bonds. The molecule has 21 heavy (non-hydrogen) atoms. The third-order valence-corrected chi connectivity index (χ3v) is 3.89. The number of hydrogen-bond donors (Lipinski definition) is 1. The summed E-state index contributed by atoms with van der Waals surface area (Å²) in [5.41, 5.74) is 2.09. The molecule has 0 aliphatic carbocycles. The van der Waals surface area contributed by atoms with E-state index in [1.165, 1.54) is 11.0 Å². The van der Waals surface area contributed by atoms with Crippen LogP contribution in [0.5, 0.6) is 0 Å². The van der Waals surface area contributed by atoms with Crippen LogP contribution in [0, 0.1) is 17.7 Å². The van der Waals surface area contributed by atoms with Gasteiger partial charge in [-0.1, -0.05) is 24.6 Å². The minimum Gasteiger partial charge on any atom is -0.396 e. The Labute approximate surface area is 125 Å². The molecule has 1 aromatic carbocycles. The maximum Gasteiger partial charge on any atom is 0.230 e. The first-order valence-electron chi connectivity index (χ1n) is 7.28. The van der Waals surface area contributed by atoms with Gasteiger partial charge in [0.2, 0.25) is 5.91 Å². The van der Waals surface area contributed by atoms with Crippen LogP contribution in [-0.2, 0) is 11.2 Å². The fraction of sp³-hybridized carbons (Fsp3) is 0.471. The lowest BCUT2D eigenvalue weighted by molar-refractivity contribution is -0.122. The van der Waals surface area contributed by atoms with Crippen LogP contribution < -0.4 is 4.90 Å². The maximum atomic E-state index is 14.2. The van der Waals surface area contributed by atoms with Crippen molar-refractivity contribution in [1.82, 2.24) is 0 Å². The van der Waals surface area contributed by atoms with E-state index in [1.807, 2.05) is 19.9 Å². The fourth-order valence-corrected chi connectivity index (χ4v) is 2.95. The van der Waals surface area contributed by atoms with Crippen molar-refractivity contribution >= 4 is 11.6 Å². The number of hydrogen-bond acceptors (Lipinski definition) is 2. The Hall–Kier alpha value is -1.68. The SMILES string of the molecule is C=C(C)CC(C)C(=O)N1CC(CO)Cc2cccc(F)c21. The summed E-state index contributed by atoms with van der Waals surface area (Å²) in [7, 11) is 0. The Morgan fingerprint density at radius 2 is 2.29 bits per heavy atom. The van der Waals surface area contributed by atoms with Gasteiger partial charge in [0.05, 0.1) is 5.69 Å². The van der Waals surface area contributed by atoms with Crippen LogP contribution in [0.25, 0.3) is 0 Å². The van der Waals surface area contributed by atoms with E-state index in [0.29, 0.717) is 25.1 Å². The van der Waals surface area contributed by atoms with Gasteiger partial charge in [-0.3, -0.25) is 4.79 Å². The van der Waals surface area contributed by atoms with E-state index < -0.39 is 0 Å². The number of benzene rings is 1. The van der Waals surface area contributed by atoms with E-state index in [0.717, 1.165) is 11.1 Å². The maximum absolute atomic E-state index is 14.2. The van der Waals surface area contributed by atoms with Crippen molar-refractivity contribution in [3.8, 4) is 0 Å². The molecule has 1 heterocycles. The predicted molar refractivity (Wildman–Crippen MR) is 81.6 cm³/mol. The van der Waals surface area contributed by atoms with Gasteiger partial charge in [-0.05, 0) is 31.4 Å². The van der Waals surface area contributed by atoms with Crippen LogP contribution >= 0.6 is 0 Å². The lowest BCUT2D eigenvalue weighted by Gasteiger charge is -2.35. The molecule has 0 radical (unpaired) electrons. The van der Waals surface area contributed by atoms with Gasteiger partial charge in [0, 0.05) is 25.0 Å². The standard InChI is InChI=1S/C17H22FNO2/c1-11(2)7-12(3)17(21)19-9-13(10-20)8-14-5-4-6-15(18)16(14)19/h4-6,12-13,20H,1,7-10H2,2-3H3. The molecule has 2 rings (SSSR count). The third kappa shape index (κ3) is 3.32. The lowest BCUT2D eigenvalue weighted by Crippen LogP contribution is -2.44. The molecular formula is C17H22FNO2. The van der Waals surface area contributed by atoms with Gasteiger partial charge in [0.25, 0.3) is 0 Å². The second-order valence-corrected chi connectivity index (χ2v) is 6.01. The van der Waals surface area contributed by atoms with Crippen molar-refractivity contribution < 1.29 is 14.3 Å². The number of fused-ring (bicyclic) bond motifs is 1. The Balaban J connectivity index is 2.34. The normalized spacial score (nSPS) is 19.0. The first-order valence-corrected chi connectivity index (χ1v) is 7.28. The smallest absolute Gasteiger partial charge is 0.230 e. The third-order valence-electron chi connectivity index (χ3n) is 3.89. The van der Waals surface area contributed by atoms with Gasteiger partial charge in [0.15, 0.2) is 0 Å². The van der Waals surface area contributed by atoms with Gasteiger partial charge in [0.1, 0.15) is 5.82 Å². The van der Waals surface area contributed by atoms with Crippen molar-refractivity contribution in [2.45, 2.75) is 26.7 Å². The van der Waals surface area contributed by atoms with E-state index in [9.17, 15) is 14.3 Å². The van der Waals surface area contributed by atoms with Crippen LogP contribution in [0.15, 0.2) is 30.4 Å². The molecule has 0 bridgehead atoms. The van der Waals surface area contributed by atoms with Gasteiger partial charge in [-0.25, -0.2) is 4.39 Å². The van der Waals surface area contributed by atoms with Crippen LogP contribution in [0.2, 0.25) is 0 Å². The summed E-state index contributed by atoms with van der Waals surface area (Å²) in [4.78, 5) is 14.1. The summed E-state index contributed by atoms with van der Waals surface area (Å²) in [5.74, 6) is -0.769. The zero-order chi connectivity index (χ0) is 15.6. The zero-order valence-corrected chi connectivity index (χ0v) is 12.6. The summed E-state index contributed by atoms with van der Waals surface area (Å²) in [6.45, 7) is 7.90.